The molecular formula is C16H11N3OS. The van der Waals surface area contributed by atoms with Crippen molar-refractivity contribution in [1.82, 2.24) is 10.2 Å². The first-order chi connectivity index (χ1) is 10.3. The Labute approximate surface area is 126 Å². The lowest BCUT2D eigenvalue weighted by Gasteiger charge is -1.95. The summed E-state index contributed by atoms with van der Waals surface area (Å²) in [5.41, 5.74) is 1.47. The first-order valence-corrected chi connectivity index (χ1v) is 7.25. The molecule has 3 aromatic rings. The van der Waals surface area contributed by atoms with Crippen molar-refractivity contribution in [2.45, 2.75) is 6.42 Å². The summed E-state index contributed by atoms with van der Waals surface area (Å²) >= 11 is 1.55. The minimum atomic E-state index is 0.261. The molecule has 0 bridgehead atoms. The molecule has 2 aromatic heterocycles. The highest BCUT2D eigenvalue weighted by molar-refractivity contribution is 7.10. The molecule has 0 amide bonds. The van der Waals surface area contributed by atoms with Gasteiger partial charge in [0.05, 0.1) is 6.42 Å². The van der Waals surface area contributed by atoms with Crippen molar-refractivity contribution in [2.24, 2.45) is 0 Å². The zero-order chi connectivity index (χ0) is 14.5. The van der Waals surface area contributed by atoms with Crippen molar-refractivity contribution in [2.75, 3.05) is 0 Å². The summed E-state index contributed by atoms with van der Waals surface area (Å²) in [7, 11) is 0. The smallest absolute Gasteiger partial charge is 0.258 e. The summed E-state index contributed by atoms with van der Waals surface area (Å²) in [5.74, 6) is 0.764. The van der Waals surface area contributed by atoms with Gasteiger partial charge in [-0.3, -0.25) is 0 Å². The first-order valence-electron chi connectivity index (χ1n) is 6.37. The lowest BCUT2D eigenvalue weighted by molar-refractivity contribution is 0.494. The average Bonchev–Trinajstić information content (AvgIpc) is 3.17. The van der Waals surface area contributed by atoms with Crippen LogP contribution in [0, 0.1) is 11.3 Å². The van der Waals surface area contributed by atoms with Crippen LogP contribution in [-0.4, -0.2) is 10.2 Å². The molecular weight excluding hydrogens is 282 g/mol. The van der Waals surface area contributed by atoms with Gasteiger partial charge in [-0.15, -0.1) is 21.5 Å². The minimum Gasteiger partial charge on any atom is -0.420 e. The lowest BCUT2D eigenvalue weighted by atomic mass is 10.1. The molecule has 0 spiro atoms. The third kappa shape index (κ3) is 3.25. The third-order valence-electron chi connectivity index (χ3n) is 2.85. The van der Waals surface area contributed by atoms with Crippen LogP contribution in [0.5, 0.6) is 0 Å². The molecule has 2 heterocycles. The summed E-state index contributed by atoms with van der Waals surface area (Å²) in [6, 6.07) is 15.8. The molecule has 21 heavy (non-hydrogen) atoms. The zero-order valence-corrected chi connectivity index (χ0v) is 11.9. The summed E-state index contributed by atoms with van der Waals surface area (Å²) in [6.07, 6.45) is 2.32. The quantitative estimate of drug-likeness (QED) is 0.687. The maximum absolute atomic E-state index is 9.24. The number of benzene rings is 1. The van der Waals surface area contributed by atoms with Crippen LogP contribution in [0.3, 0.4) is 0 Å². The molecule has 0 saturated heterocycles. The van der Waals surface area contributed by atoms with Crippen molar-refractivity contribution >= 4 is 23.0 Å². The summed E-state index contributed by atoms with van der Waals surface area (Å²) in [6.45, 7) is 0. The van der Waals surface area contributed by atoms with E-state index < -0.39 is 0 Å². The van der Waals surface area contributed by atoms with Crippen LogP contribution in [0.2, 0.25) is 0 Å². The Morgan fingerprint density at radius 3 is 2.76 bits per heavy atom. The van der Waals surface area contributed by atoms with E-state index in [1.807, 2.05) is 47.8 Å². The van der Waals surface area contributed by atoms with E-state index in [0.717, 1.165) is 10.4 Å². The summed E-state index contributed by atoms with van der Waals surface area (Å²) in [5, 5.41) is 19.2. The number of rotatable bonds is 4. The number of nitriles is 1. The van der Waals surface area contributed by atoms with E-state index in [4.69, 9.17) is 4.42 Å². The number of hydrogen-bond acceptors (Lipinski definition) is 5. The molecule has 0 radical (unpaired) electrons. The molecule has 0 atom stereocenters. The molecule has 0 aliphatic heterocycles. The van der Waals surface area contributed by atoms with Gasteiger partial charge in [0.2, 0.25) is 5.89 Å². The predicted molar refractivity (Wildman–Crippen MR) is 81.3 cm³/mol. The summed E-state index contributed by atoms with van der Waals surface area (Å²) < 4.78 is 5.58. The molecule has 0 aliphatic carbocycles. The second kappa shape index (κ2) is 6.16. The summed E-state index contributed by atoms with van der Waals surface area (Å²) in [4.78, 5) is 0.981. The van der Waals surface area contributed by atoms with Gasteiger partial charge in [0.25, 0.3) is 5.89 Å². The highest BCUT2D eigenvalue weighted by Crippen LogP contribution is 2.20. The van der Waals surface area contributed by atoms with Gasteiger partial charge in [0.15, 0.2) is 0 Å². The molecule has 0 saturated carbocycles. The maximum atomic E-state index is 9.24. The molecule has 0 unspecified atom stereocenters. The van der Waals surface area contributed by atoms with E-state index in [9.17, 15) is 5.26 Å². The highest BCUT2D eigenvalue weighted by Gasteiger charge is 2.11. The second-order valence-electron chi connectivity index (χ2n) is 4.35. The van der Waals surface area contributed by atoms with Crippen molar-refractivity contribution < 1.29 is 4.42 Å². The van der Waals surface area contributed by atoms with Gasteiger partial charge in [-0.05, 0) is 23.1 Å². The minimum absolute atomic E-state index is 0.261. The Kier molecular flexibility index (Phi) is 3.90. The number of hydrogen-bond donors (Lipinski definition) is 0. The van der Waals surface area contributed by atoms with Crippen LogP contribution in [0.25, 0.3) is 11.6 Å². The Morgan fingerprint density at radius 2 is 2.05 bits per heavy atom. The van der Waals surface area contributed by atoms with Gasteiger partial charge < -0.3 is 4.42 Å². The number of thiophene rings is 1. The molecule has 0 N–H and O–H groups in total. The lowest BCUT2D eigenvalue weighted by Crippen LogP contribution is -1.87. The van der Waals surface area contributed by atoms with E-state index in [0.29, 0.717) is 17.9 Å². The molecule has 5 heteroatoms. The molecule has 1 aromatic carbocycles. The van der Waals surface area contributed by atoms with Crippen LogP contribution >= 0.6 is 11.3 Å². The van der Waals surface area contributed by atoms with Crippen LogP contribution in [-0.2, 0) is 6.42 Å². The molecule has 4 nitrogen and oxygen atoms in total. The molecule has 0 aliphatic rings. The highest BCUT2D eigenvalue weighted by atomic mass is 32.1. The van der Waals surface area contributed by atoms with E-state index in [1.54, 1.807) is 17.4 Å². The van der Waals surface area contributed by atoms with Crippen LogP contribution in [0.15, 0.2) is 52.3 Å². The molecule has 0 fully saturated rings. The SMILES string of the molecule is N#C/C(=C\c1cccs1)c1nnc(Cc2ccccc2)o1. The number of nitrogens with zero attached hydrogens (tertiary/aromatic N) is 3. The van der Waals surface area contributed by atoms with E-state index in [1.165, 1.54) is 0 Å². The monoisotopic (exact) mass is 293 g/mol. The zero-order valence-electron chi connectivity index (χ0n) is 11.1. The third-order valence-corrected chi connectivity index (χ3v) is 3.66. The van der Waals surface area contributed by atoms with E-state index in [2.05, 4.69) is 16.3 Å². The van der Waals surface area contributed by atoms with Gasteiger partial charge in [0, 0.05) is 4.88 Å². The first kappa shape index (κ1) is 13.3. The standard InChI is InChI=1S/C16H11N3OS/c17-11-13(10-14-7-4-8-21-14)16-19-18-15(20-16)9-12-5-2-1-3-6-12/h1-8,10H,9H2/b13-10+. The fourth-order valence-corrected chi connectivity index (χ4v) is 2.52. The second-order valence-corrected chi connectivity index (χ2v) is 5.33. The van der Waals surface area contributed by atoms with Gasteiger partial charge in [0.1, 0.15) is 11.6 Å². The predicted octanol–water partition coefficient (Wildman–Crippen LogP) is 3.79. The van der Waals surface area contributed by atoms with E-state index in [-0.39, 0.29) is 5.89 Å². The maximum Gasteiger partial charge on any atom is 0.258 e. The van der Waals surface area contributed by atoms with E-state index >= 15 is 0 Å². The average molecular weight is 293 g/mol. The van der Waals surface area contributed by atoms with Crippen LogP contribution in [0.1, 0.15) is 22.2 Å². The topological polar surface area (TPSA) is 62.7 Å². The van der Waals surface area contributed by atoms with Crippen molar-refractivity contribution in [1.29, 1.82) is 5.26 Å². The Balaban J connectivity index is 1.82. The Hall–Kier alpha value is -2.71. The van der Waals surface area contributed by atoms with Crippen molar-refractivity contribution in [3.8, 4) is 6.07 Å². The Bertz CT molecular complexity index is 783. The normalized spacial score (nSPS) is 11.3. The van der Waals surface area contributed by atoms with Crippen LogP contribution < -0.4 is 0 Å². The van der Waals surface area contributed by atoms with Gasteiger partial charge in [-0.25, -0.2) is 0 Å². The molecule has 102 valence electrons. The van der Waals surface area contributed by atoms with Crippen molar-refractivity contribution in [3.63, 3.8) is 0 Å². The van der Waals surface area contributed by atoms with Gasteiger partial charge >= 0.3 is 0 Å². The van der Waals surface area contributed by atoms with Crippen LogP contribution in [0.4, 0.5) is 0 Å². The fraction of sp³-hybridized carbons (Fsp3) is 0.0625. The largest absolute Gasteiger partial charge is 0.420 e. The number of aromatic nitrogens is 2. The van der Waals surface area contributed by atoms with Crippen molar-refractivity contribution in [3.05, 3.63) is 70.1 Å². The Morgan fingerprint density at radius 1 is 1.19 bits per heavy atom. The van der Waals surface area contributed by atoms with Gasteiger partial charge in [-0.1, -0.05) is 36.4 Å². The van der Waals surface area contributed by atoms with Gasteiger partial charge in [-0.2, -0.15) is 5.26 Å². The number of allylic oxidation sites excluding steroid dienone is 1. The molecule has 3 rings (SSSR count). The fourth-order valence-electron chi connectivity index (χ4n) is 1.86.